The highest BCUT2D eigenvalue weighted by molar-refractivity contribution is 7.99. The lowest BCUT2D eigenvalue weighted by molar-refractivity contribution is -0.145. The first kappa shape index (κ1) is 18.3. The summed E-state index contributed by atoms with van der Waals surface area (Å²) in [5.41, 5.74) is -0.816. The maximum Gasteiger partial charge on any atom is 0.323 e. The van der Waals surface area contributed by atoms with Crippen LogP contribution in [0.3, 0.4) is 0 Å². The average molecular weight is 330 g/mol. The van der Waals surface area contributed by atoms with Crippen molar-refractivity contribution in [2.45, 2.75) is 56.5 Å². The third kappa shape index (κ3) is 5.89. The minimum absolute atomic E-state index is 0.154. The van der Waals surface area contributed by atoms with Gasteiger partial charge in [-0.2, -0.15) is 0 Å². The Hall–Kier alpha value is -0.710. The summed E-state index contributed by atoms with van der Waals surface area (Å²) >= 11 is 7.66. The van der Waals surface area contributed by atoms with Gasteiger partial charge in [-0.1, -0.05) is 24.6 Å². The van der Waals surface area contributed by atoms with Gasteiger partial charge in [0.2, 0.25) is 0 Å². The van der Waals surface area contributed by atoms with Crippen LogP contribution in [0.5, 0.6) is 0 Å². The number of nitrogens with one attached hydrogen (secondary N) is 1. The summed E-state index contributed by atoms with van der Waals surface area (Å²) in [6.07, 6.45) is 2.06. The number of thioether (sulfide) groups is 1. The summed E-state index contributed by atoms with van der Waals surface area (Å²) in [4.78, 5) is 12.7. The van der Waals surface area contributed by atoms with Crippen molar-refractivity contribution in [2.24, 2.45) is 0 Å². The number of halogens is 1. The van der Waals surface area contributed by atoms with E-state index in [0.29, 0.717) is 12.8 Å². The molecule has 0 radical (unpaired) electrons. The van der Waals surface area contributed by atoms with E-state index >= 15 is 0 Å². The highest BCUT2D eigenvalue weighted by Crippen LogP contribution is 2.25. The first-order valence-corrected chi connectivity index (χ1v) is 8.65. The van der Waals surface area contributed by atoms with Gasteiger partial charge in [-0.3, -0.25) is 10.1 Å². The Morgan fingerprint density at radius 3 is 2.71 bits per heavy atom. The quantitative estimate of drug-likeness (QED) is 0.519. The molecule has 0 bridgehead atoms. The van der Waals surface area contributed by atoms with Crippen molar-refractivity contribution in [2.75, 3.05) is 5.75 Å². The molecule has 0 aromatic heterocycles. The van der Waals surface area contributed by atoms with E-state index in [-0.39, 0.29) is 6.04 Å². The summed E-state index contributed by atoms with van der Waals surface area (Å²) in [5.74, 6) is 0.126. The van der Waals surface area contributed by atoms with Gasteiger partial charge in [0.15, 0.2) is 0 Å². The third-order valence-corrected chi connectivity index (χ3v) is 4.71. The van der Waals surface area contributed by atoms with Gasteiger partial charge in [0.25, 0.3) is 0 Å². The molecule has 1 aromatic carbocycles. The molecular formula is C16H24ClNO2S. The largest absolute Gasteiger partial charge is 0.480 e. The number of carboxylic acid groups (broad SMARTS) is 1. The topological polar surface area (TPSA) is 49.3 Å². The monoisotopic (exact) mass is 329 g/mol. The van der Waals surface area contributed by atoms with E-state index in [1.807, 2.05) is 45.0 Å². The van der Waals surface area contributed by atoms with Crippen molar-refractivity contribution in [1.29, 1.82) is 0 Å². The lowest BCUT2D eigenvalue weighted by atomic mass is 9.90. The molecule has 118 valence electrons. The van der Waals surface area contributed by atoms with E-state index in [1.165, 1.54) is 0 Å². The minimum atomic E-state index is -0.816. The maximum atomic E-state index is 11.6. The number of rotatable bonds is 9. The smallest absolute Gasteiger partial charge is 0.323 e. The van der Waals surface area contributed by atoms with Gasteiger partial charge in [-0.05, 0) is 57.1 Å². The minimum Gasteiger partial charge on any atom is -0.480 e. The normalized spacial score (nSPS) is 14.1. The molecule has 0 amide bonds. The summed E-state index contributed by atoms with van der Waals surface area (Å²) in [7, 11) is 0. The van der Waals surface area contributed by atoms with Crippen LogP contribution in [0.1, 0.15) is 40.0 Å². The fourth-order valence-electron chi connectivity index (χ4n) is 2.34. The van der Waals surface area contributed by atoms with Crippen molar-refractivity contribution in [1.82, 2.24) is 5.32 Å². The van der Waals surface area contributed by atoms with Crippen molar-refractivity contribution in [3.8, 4) is 0 Å². The highest BCUT2D eigenvalue weighted by Gasteiger charge is 2.36. The van der Waals surface area contributed by atoms with Crippen LogP contribution in [0.4, 0.5) is 0 Å². The Morgan fingerprint density at radius 2 is 2.19 bits per heavy atom. The second kappa shape index (κ2) is 8.66. The van der Waals surface area contributed by atoms with E-state index in [2.05, 4.69) is 5.32 Å². The van der Waals surface area contributed by atoms with Crippen LogP contribution >= 0.6 is 23.4 Å². The molecule has 5 heteroatoms. The number of benzene rings is 1. The zero-order chi connectivity index (χ0) is 15.9. The second-order valence-corrected chi connectivity index (χ2v) is 7.05. The molecule has 21 heavy (non-hydrogen) atoms. The van der Waals surface area contributed by atoms with E-state index in [0.717, 1.165) is 22.1 Å². The number of carboxylic acids is 1. The molecule has 1 unspecified atom stereocenters. The molecule has 1 aromatic rings. The fourth-order valence-corrected chi connectivity index (χ4v) is 3.51. The fraction of sp³-hybridized carbons (Fsp3) is 0.562. The third-order valence-electron chi connectivity index (χ3n) is 3.39. The van der Waals surface area contributed by atoms with Gasteiger partial charge in [0.1, 0.15) is 5.54 Å². The van der Waals surface area contributed by atoms with Crippen LogP contribution in [0.2, 0.25) is 5.02 Å². The predicted molar refractivity (Wildman–Crippen MR) is 90.3 cm³/mol. The summed E-state index contributed by atoms with van der Waals surface area (Å²) in [6.45, 7) is 5.88. The van der Waals surface area contributed by atoms with Gasteiger partial charge in [0, 0.05) is 16.0 Å². The summed E-state index contributed by atoms with van der Waals surface area (Å²) in [5, 5.41) is 13.5. The molecule has 1 atom stereocenters. The zero-order valence-corrected chi connectivity index (χ0v) is 14.4. The molecule has 0 heterocycles. The number of aliphatic carboxylic acids is 1. The van der Waals surface area contributed by atoms with Crippen LogP contribution in [-0.4, -0.2) is 28.4 Å². The molecule has 1 rings (SSSR count). The standard InChI is InChI=1S/C16H24ClNO2S/c1-4-16(15(19)20,18-12(2)3)9-6-10-21-14-8-5-7-13(17)11-14/h5,7-8,11-12,18H,4,6,9-10H2,1-3H3,(H,19,20). The lowest BCUT2D eigenvalue weighted by Gasteiger charge is -2.31. The van der Waals surface area contributed by atoms with Crippen LogP contribution in [-0.2, 0) is 4.79 Å². The van der Waals surface area contributed by atoms with Crippen molar-refractivity contribution >= 4 is 29.3 Å². The summed E-state index contributed by atoms with van der Waals surface area (Å²) < 4.78 is 0. The van der Waals surface area contributed by atoms with Gasteiger partial charge < -0.3 is 5.11 Å². The Balaban J connectivity index is 2.52. The zero-order valence-electron chi connectivity index (χ0n) is 12.9. The van der Waals surface area contributed by atoms with Crippen LogP contribution in [0.25, 0.3) is 0 Å². The number of hydrogen-bond acceptors (Lipinski definition) is 3. The Bertz CT molecular complexity index is 467. The molecule has 3 nitrogen and oxygen atoms in total. The van der Waals surface area contributed by atoms with E-state index in [1.54, 1.807) is 11.8 Å². The first-order valence-electron chi connectivity index (χ1n) is 7.29. The first-order chi connectivity index (χ1) is 9.89. The molecule has 0 aliphatic carbocycles. The van der Waals surface area contributed by atoms with Crippen LogP contribution < -0.4 is 5.32 Å². The molecule has 2 N–H and O–H groups in total. The lowest BCUT2D eigenvalue weighted by Crippen LogP contribution is -2.54. The van der Waals surface area contributed by atoms with E-state index in [9.17, 15) is 9.90 Å². The van der Waals surface area contributed by atoms with Crippen molar-refractivity contribution in [3.05, 3.63) is 29.3 Å². The highest BCUT2D eigenvalue weighted by atomic mass is 35.5. The van der Waals surface area contributed by atoms with E-state index < -0.39 is 11.5 Å². The van der Waals surface area contributed by atoms with E-state index in [4.69, 9.17) is 11.6 Å². The second-order valence-electron chi connectivity index (χ2n) is 5.45. The maximum absolute atomic E-state index is 11.6. The molecular weight excluding hydrogens is 306 g/mol. The SMILES string of the molecule is CCC(CCCSc1cccc(Cl)c1)(NC(C)C)C(=O)O. The molecule has 0 fully saturated rings. The van der Waals surface area contributed by atoms with Crippen molar-refractivity contribution in [3.63, 3.8) is 0 Å². The van der Waals surface area contributed by atoms with Crippen molar-refractivity contribution < 1.29 is 9.90 Å². The molecule has 0 saturated heterocycles. The molecule has 0 saturated carbocycles. The van der Waals surface area contributed by atoms with Gasteiger partial charge in [0.05, 0.1) is 0 Å². The predicted octanol–water partition coefficient (Wildman–Crippen LogP) is 4.44. The summed E-state index contributed by atoms with van der Waals surface area (Å²) in [6, 6.07) is 7.89. The van der Waals surface area contributed by atoms with Crippen LogP contribution in [0.15, 0.2) is 29.2 Å². The Kier molecular flexibility index (Phi) is 7.57. The average Bonchev–Trinajstić information content (AvgIpc) is 2.41. The molecule has 0 aliphatic rings. The number of hydrogen-bond donors (Lipinski definition) is 2. The van der Waals surface area contributed by atoms with Gasteiger partial charge >= 0.3 is 5.97 Å². The van der Waals surface area contributed by atoms with Crippen LogP contribution in [0, 0.1) is 0 Å². The molecule has 0 spiro atoms. The van der Waals surface area contributed by atoms with Gasteiger partial charge in [-0.25, -0.2) is 0 Å². The number of carbonyl (C=O) groups is 1. The Labute approximate surface area is 136 Å². The van der Waals surface area contributed by atoms with Gasteiger partial charge in [-0.15, -0.1) is 11.8 Å². The Morgan fingerprint density at radius 1 is 1.48 bits per heavy atom. The molecule has 0 aliphatic heterocycles.